The fraction of sp³-hybridized carbons (Fsp3) is 0.500. The molecule has 0 spiro atoms. The number of hydrogen-bond donors (Lipinski definition) is 1. The van der Waals surface area contributed by atoms with E-state index >= 15 is 0 Å². The van der Waals surface area contributed by atoms with Crippen molar-refractivity contribution in [3.05, 3.63) is 23.8 Å². The minimum atomic E-state index is -3.66. The highest BCUT2D eigenvalue weighted by molar-refractivity contribution is 7.89. The summed E-state index contributed by atoms with van der Waals surface area (Å²) in [4.78, 5) is 2.21. The van der Waals surface area contributed by atoms with Gasteiger partial charge in [-0.25, -0.2) is 8.42 Å². The lowest BCUT2D eigenvalue weighted by molar-refractivity contribution is 0.144. The van der Waals surface area contributed by atoms with E-state index in [4.69, 9.17) is 11.0 Å². The van der Waals surface area contributed by atoms with Crippen LogP contribution in [0.3, 0.4) is 0 Å². The van der Waals surface area contributed by atoms with Gasteiger partial charge in [-0.2, -0.15) is 9.57 Å². The van der Waals surface area contributed by atoms with E-state index in [1.54, 1.807) is 0 Å². The van der Waals surface area contributed by atoms with Crippen molar-refractivity contribution in [2.24, 2.45) is 0 Å². The Labute approximate surface area is 125 Å². The first-order chi connectivity index (χ1) is 9.90. The molecule has 1 aromatic rings. The Hall–Kier alpha value is -1.62. The molecule has 7 heteroatoms. The molecule has 1 aromatic carbocycles. The van der Waals surface area contributed by atoms with Gasteiger partial charge < -0.3 is 10.6 Å². The van der Waals surface area contributed by atoms with Crippen LogP contribution in [0.15, 0.2) is 23.1 Å². The molecule has 2 rings (SSSR count). The van der Waals surface area contributed by atoms with Gasteiger partial charge in [-0.1, -0.05) is 6.92 Å². The summed E-state index contributed by atoms with van der Waals surface area (Å²) >= 11 is 0. The third-order valence-electron chi connectivity index (χ3n) is 3.95. The first kappa shape index (κ1) is 15.8. The number of rotatable bonds is 3. The van der Waals surface area contributed by atoms with Crippen molar-refractivity contribution in [1.29, 1.82) is 5.26 Å². The molecule has 2 N–H and O–H groups in total. The number of nitrogens with two attached hydrogens (primary N) is 1. The number of benzene rings is 1. The Morgan fingerprint density at radius 1 is 1.43 bits per heavy atom. The fourth-order valence-electron chi connectivity index (χ4n) is 2.58. The molecule has 1 aliphatic heterocycles. The molecule has 0 aromatic heterocycles. The molecule has 0 bridgehead atoms. The minimum Gasteiger partial charge on any atom is -0.399 e. The predicted octanol–water partition coefficient (Wildman–Crippen LogP) is 0.855. The molecule has 1 fully saturated rings. The summed E-state index contributed by atoms with van der Waals surface area (Å²) in [5, 5.41) is 9.15. The second-order valence-corrected chi connectivity index (χ2v) is 7.18. The van der Waals surface area contributed by atoms with E-state index in [2.05, 4.69) is 4.90 Å². The zero-order chi connectivity index (χ0) is 15.6. The largest absolute Gasteiger partial charge is 0.399 e. The van der Waals surface area contributed by atoms with Gasteiger partial charge in [0.25, 0.3) is 0 Å². The lowest BCUT2D eigenvalue weighted by Gasteiger charge is -2.38. The molecule has 0 aliphatic carbocycles. The van der Waals surface area contributed by atoms with Gasteiger partial charge in [-0.05, 0) is 31.7 Å². The highest BCUT2D eigenvalue weighted by atomic mass is 32.2. The Bertz CT molecular complexity index is 666. The van der Waals surface area contributed by atoms with Crippen LogP contribution in [-0.2, 0) is 10.0 Å². The van der Waals surface area contributed by atoms with Crippen LogP contribution >= 0.6 is 0 Å². The molecule has 1 atom stereocenters. The monoisotopic (exact) mass is 308 g/mol. The summed E-state index contributed by atoms with van der Waals surface area (Å²) in [6, 6.07) is 6.46. The van der Waals surface area contributed by atoms with Gasteiger partial charge >= 0.3 is 0 Å². The van der Waals surface area contributed by atoms with Crippen LogP contribution in [0.4, 0.5) is 5.69 Å². The predicted molar refractivity (Wildman–Crippen MR) is 81.0 cm³/mol. The number of piperazine rings is 1. The third kappa shape index (κ3) is 3.02. The molecule has 0 radical (unpaired) electrons. The van der Waals surface area contributed by atoms with E-state index in [0.29, 0.717) is 25.3 Å². The number of nitrogens with zero attached hydrogens (tertiary/aromatic N) is 3. The smallest absolute Gasteiger partial charge is 0.244 e. The average Bonchev–Trinajstić information content (AvgIpc) is 2.47. The van der Waals surface area contributed by atoms with Crippen LogP contribution in [0.25, 0.3) is 0 Å². The van der Waals surface area contributed by atoms with Crippen molar-refractivity contribution in [3.63, 3.8) is 0 Å². The minimum absolute atomic E-state index is 0.0404. The molecule has 114 valence electrons. The van der Waals surface area contributed by atoms with Crippen molar-refractivity contribution in [2.45, 2.75) is 24.3 Å². The van der Waals surface area contributed by atoms with Crippen molar-refractivity contribution in [3.8, 4) is 6.07 Å². The lowest BCUT2D eigenvalue weighted by atomic mass is 10.1. The maximum Gasteiger partial charge on any atom is 0.244 e. The van der Waals surface area contributed by atoms with Gasteiger partial charge in [0.2, 0.25) is 10.0 Å². The Morgan fingerprint density at radius 2 is 2.14 bits per heavy atom. The number of nitriles is 1. The highest BCUT2D eigenvalue weighted by Gasteiger charge is 2.33. The Kier molecular flexibility index (Phi) is 4.52. The van der Waals surface area contributed by atoms with Crippen LogP contribution in [0, 0.1) is 11.3 Å². The summed E-state index contributed by atoms with van der Waals surface area (Å²) < 4.78 is 27.0. The summed E-state index contributed by atoms with van der Waals surface area (Å²) in [6.45, 7) is 3.62. The first-order valence-corrected chi connectivity index (χ1v) is 8.34. The van der Waals surface area contributed by atoms with Crippen molar-refractivity contribution in [2.75, 3.05) is 32.4 Å². The number of nitrogen functional groups attached to an aromatic ring is 1. The quantitative estimate of drug-likeness (QED) is 0.836. The van der Waals surface area contributed by atoms with Gasteiger partial charge in [-0.15, -0.1) is 0 Å². The van der Waals surface area contributed by atoms with Crippen molar-refractivity contribution >= 4 is 15.7 Å². The highest BCUT2D eigenvalue weighted by Crippen LogP contribution is 2.24. The summed E-state index contributed by atoms with van der Waals surface area (Å²) in [6.07, 6.45) is 0.884. The number of sulfonamides is 1. The van der Waals surface area contributed by atoms with Crippen LogP contribution in [-0.4, -0.2) is 50.3 Å². The molecule has 1 heterocycles. The van der Waals surface area contributed by atoms with E-state index in [9.17, 15) is 8.42 Å². The summed E-state index contributed by atoms with van der Waals surface area (Å²) in [7, 11) is -1.66. The molecule has 1 saturated heterocycles. The first-order valence-electron chi connectivity index (χ1n) is 6.90. The van der Waals surface area contributed by atoms with Gasteiger partial charge in [0.05, 0.1) is 5.56 Å². The average molecular weight is 308 g/mol. The zero-order valence-electron chi connectivity index (χ0n) is 12.3. The van der Waals surface area contributed by atoms with E-state index in [-0.39, 0.29) is 16.5 Å². The molecular formula is C14H20N4O2S. The Morgan fingerprint density at radius 3 is 2.76 bits per heavy atom. The van der Waals surface area contributed by atoms with Crippen LogP contribution in [0.1, 0.15) is 18.9 Å². The topological polar surface area (TPSA) is 90.4 Å². The SMILES string of the molecule is CCC1CN(S(=O)(=O)c2ccc(N)cc2C#N)CCN1C. The second-order valence-electron chi connectivity index (χ2n) is 5.27. The molecule has 21 heavy (non-hydrogen) atoms. The summed E-state index contributed by atoms with van der Waals surface area (Å²) in [5.41, 5.74) is 6.10. The standard InChI is InChI=1S/C14H20N4O2S/c1-3-13-10-18(7-6-17(13)2)21(19,20)14-5-4-12(16)8-11(14)9-15/h4-5,8,13H,3,6-7,10,16H2,1-2H3. The van der Waals surface area contributed by atoms with Crippen molar-refractivity contribution in [1.82, 2.24) is 9.21 Å². The number of anilines is 1. The third-order valence-corrected chi connectivity index (χ3v) is 5.88. The molecule has 6 nitrogen and oxygen atoms in total. The Balaban J connectivity index is 2.37. The van der Waals surface area contributed by atoms with Crippen molar-refractivity contribution < 1.29 is 8.42 Å². The van der Waals surface area contributed by atoms with E-state index < -0.39 is 10.0 Å². The maximum absolute atomic E-state index is 12.8. The number of hydrogen-bond acceptors (Lipinski definition) is 5. The van der Waals surface area contributed by atoms with Crippen LogP contribution in [0.5, 0.6) is 0 Å². The molecule has 1 unspecified atom stereocenters. The van der Waals surface area contributed by atoms with Crippen LogP contribution in [0.2, 0.25) is 0 Å². The molecule has 0 saturated carbocycles. The van der Waals surface area contributed by atoms with Gasteiger partial charge in [0.1, 0.15) is 11.0 Å². The van der Waals surface area contributed by atoms with Gasteiger partial charge in [0, 0.05) is 31.4 Å². The van der Waals surface area contributed by atoms with E-state index in [1.165, 1.54) is 22.5 Å². The number of likely N-dealkylation sites (N-methyl/N-ethyl adjacent to an activating group) is 1. The lowest BCUT2D eigenvalue weighted by Crippen LogP contribution is -2.52. The maximum atomic E-state index is 12.8. The van der Waals surface area contributed by atoms with Crippen LogP contribution < -0.4 is 5.73 Å². The fourth-order valence-corrected chi connectivity index (χ4v) is 4.17. The van der Waals surface area contributed by atoms with Gasteiger partial charge in [0.15, 0.2) is 0 Å². The second kappa shape index (κ2) is 6.02. The molecule has 1 aliphatic rings. The normalized spacial score (nSPS) is 21.1. The zero-order valence-corrected chi connectivity index (χ0v) is 13.1. The molecule has 0 amide bonds. The summed E-state index contributed by atoms with van der Waals surface area (Å²) in [5.74, 6) is 0. The van der Waals surface area contributed by atoms with Gasteiger partial charge in [-0.3, -0.25) is 0 Å². The molecular weight excluding hydrogens is 288 g/mol. The van der Waals surface area contributed by atoms with E-state index in [0.717, 1.165) is 6.42 Å². The van der Waals surface area contributed by atoms with E-state index in [1.807, 2.05) is 20.0 Å².